The van der Waals surface area contributed by atoms with Crippen molar-refractivity contribution in [1.29, 1.82) is 0 Å². The first kappa shape index (κ1) is 13.2. The molecule has 19 heavy (non-hydrogen) atoms. The zero-order valence-corrected chi connectivity index (χ0v) is 11.8. The van der Waals surface area contributed by atoms with Crippen molar-refractivity contribution in [3.05, 3.63) is 17.9 Å². The average molecular weight is 266 g/mol. The van der Waals surface area contributed by atoms with Crippen molar-refractivity contribution in [2.45, 2.75) is 45.2 Å². The maximum atomic E-state index is 5.93. The molecule has 0 N–H and O–H groups in total. The molecule has 2 aliphatic rings. The topological polar surface area (TPSA) is 50.1 Å². The molecule has 0 saturated carbocycles. The summed E-state index contributed by atoms with van der Waals surface area (Å²) in [6, 6.07) is 1.87. The lowest BCUT2D eigenvalue weighted by Crippen LogP contribution is -2.41. The molecule has 0 aliphatic carbocycles. The summed E-state index contributed by atoms with van der Waals surface area (Å²) in [7, 11) is -0.486. The van der Waals surface area contributed by atoms with E-state index in [-0.39, 0.29) is 17.5 Å². The Balaban J connectivity index is 1.77. The molecule has 1 aromatic rings. The van der Waals surface area contributed by atoms with Gasteiger partial charge in [-0.3, -0.25) is 0 Å². The second-order valence-corrected chi connectivity index (χ2v) is 5.94. The van der Waals surface area contributed by atoms with Crippen molar-refractivity contribution in [2.24, 2.45) is 0 Å². The average Bonchev–Trinajstić information content (AvgIpc) is 3.00. The fraction of sp³-hybridized carbons (Fsp3) is 0.692. The lowest BCUT2D eigenvalue weighted by Gasteiger charge is -2.32. The fourth-order valence-electron chi connectivity index (χ4n) is 2.13. The maximum Gasteiger partial charge on any atom is 0.532 e. The van der Waals surface area contributed by atoms with E-state index in [2.05, 4.69) is 0 Å². The van der Waals surface area contributed by atoms with E-state index < -0.39 is 7.12 Å². The number of hydrogen-bond acceptors (Lipinski definition) is 5. The zero-order chi connectivity index (χ0) is 13.7. The predicted octanol–water partition coefficient (Wildman–Crippen LogP) is 1.62. The maximum absolute atomic E-state index is 5.93. The van der Waals surface area contributed by atoms with E-state index in [0.717, 1.165) is 5.56 Å². The highest BCUT2D eigenvalue weighted by atomic mass is 16.7. The summed E-state index contributed by atoms with van der Waals surface area (Å²) in [6.07, 6.45) is 1.30. The molecule has 2 fully saturated rings. The van der Waals surface area contributed by atoms with Gasteiger partial charge in [-0.25, -0.2) is 0 Å². The molecule has 2 aliphatic heterocycles. The van der Waals surface area contributed by atoms with Crippen molar-refractivity contribution >= 4 is 12.8 Å². The van der Waals surface area contributed by atoms with Crippen molar-refractivity contribution in [3.63, 3.8) is 0 Å². The third-order valence-electron chi connectivity index (χ3n) is 4.02. The minimum Gasteiger partial charge on any atom is -0.472 e. The molecular formula is C13H19BO5. The Morgan fingerprint density at radius 3 is 2.21 bits per heavy atom. The van der Waals surface area contributed by atoms with Gasteiger partial charge in [-0.2, -0.15) is 0 Å². The van der Waals surface area contributed by atoms with Crippen LogP contribution in [0.4, 0.5) is 0 Å². The van der Waals surface area contributed by atoms with Crippen LogP contribution >= 0.6 is 0 Å². The Hall–Kier alpha value is -0.815. The summed E-state index contributed by atoms with van der Waals surface area (Å²) in [6.45, 7) is 9.28. The van der Waals surface area contributed by atoms with Crippen LogP contribution in [0.5, 0.6) is 0 Å². The Morgan fingerprint density at radius 1 is 1.05 bits per heavy atom. The van der Waals surface area contributed by atoms with Gasteiger partial charge in [-0.1, -0.05) is 0 Å². The van der Waals surface area contributed by atoms with Crippen LogP contribution in [0.1, 0.15) is 39.5 Å². The number of furan rings is 1. The molecule has 1 aromatic heterocycles. The van der Waals surface area contributed by atoms with Crippen LogP contribution in [0.3, 0.4) is 0 Å². The first-order valence-corrected chi connectivity index (χ1v) is 6.56. The lowest BCUT2D eigenvalue weighted by molar-refractivity contribution is -0.0444. The standard InChI is InChI=1S/C13H19BO5/c1-12(2)13(3,4)19-14(18-12)10-7-9(8-17-10)11-15-5-6-16-11/h7-8,11H,5-6H2,1-4H3. The SMILES string of the molecule is CC1(C)OB(c2cc(C3OCCO3)co2)OC1(C)C. The second-order valence-electron chi connectivity index (χ2n) is 5.94. The smallest absolute Gasteiger partial charge is 0.472 e. The molecule has 0 bridgehead atoms. The third-order valence-corrected chi connectivity index (χ3v) is 4.02. The quantitative estimate of drug-likeness (QED) is 0.761. The first-order valence-electron chi connectivity index (χ1n) is 6.56. The van der Waals surface area contributed by atoms with Gasteiger partial charge in [0.25, 0.3) is 0 Å². The van der Waals surface area contributed by atoms with Crippen LogP contribution in [0.25, 0.3) is 0 Å². The summed E-state index contributed by atoms with van der Waals surface area (Å²) < 4.78 is 28.3. The van der Waals surface area contributed by atoms with E-state index in [1.165, 1.54) is 0 Å². The van der Waals surface area contributed by atoms with Gasteiger partial charge in [0.1, 0.15) is 5.66 Å². The van der Waals surface area contributed by atoms with E-state index in [1.54, 1.807) is 6.26 Å². The summed E-state index contributed by atoms with van der Waals surface area (Å²) >= 11 is 0. The molecule has 0 spiro atoms. The Morgan fingerprint density at radius 2 is 1.63 bits per heavy atom. The van der Waals surface area contributed by atoms with Crippen molar-refractivity contribution in [3.8, 4) is 0 Å². The minimum atomic E-state index is -0.486. The molecule has 5 nitrogen and oxygen atoms in total. The Labute approximate surface area is 113 Å². The molecule has 3 rings (SSSR count). The fourth-order valence-corrected chi connectivity index (χ4v) is 2.13. The van der Waals surface area contributed by atoms with Crippen LogP contribution in [0, 0.1) is 0 Å². The van der Waals surface area contributed by atoms with Crippen LogP contribution in [0.2, 0.25) is 0 Å². The first-order chi connectivity index (χ1) is 8.89. The van der Waals surface area contributed by atoms with Crippen LogP contribution < -0.4 is 5.66 Å². The number of ether oxygens (including phenoxy) is 2. The van der Waals surface area contributed by atoms with Gasteiger partial charge in [0.2, 0.25) is 0 Å². The second kappa shape index (κ2) is 4.35. The van der Waals surface area contributed by atoms with Crippen molar-refractivity contribution < 1.29 is 23.2 Å². The van der Waals surface area contributed by atoms with Crippen molar-refractivity contribution in [1.82, 2.24) is 0 Å². The van der Waals surface area contributed by atoms with Gasteiger partial charge in [0, 0.05) is 5.56 Å². The molecule has 0 radical (unpaired) electrons. The Kier molecular flexibility index (Phi) is 3.01. The molecule has 6 heteroatoms. The van der Waals surface area contributed by atoms with E-state index in [1.807, 2.05) is 33.8 Å². The minimum absolute atomic E-state index is 0.333. The highest BCUT2D eigenvalue weighted by molar-refractivity contribution is 6.60. The van der Waals surface area contributed by atoms with Crippen molar-refractivity contribution in [2.75, 3.05) is 13.2 Å². The third kappa shape index (κ3) is 2.23. The highest BCUT2D eigenvalue weighted by Crippen LogP contribution is 2.36. The Bertz CT molecular complexity index is 445. The largest absolute Gasteiger partial charge is 0.532 e. The molecule has 2 saturated heterocycles. The van der Waals surface area contributed by atoms with Crippen LogP contribution in [-0.4, -0.2) is 31.5 Å². The molecule has 104 valence electrons. The summed E-state index contributed by atoms with van der Waals surface area (Å²) in [5, 5.41) is 0. The van der Waals surface area contributed by atoms with Gasteiger partial charge in [-0.05, 0) is 33.8 Å². The van der Waals surface area contributed by atoms with Crippen LogP contribution in [-0.2, 0) is 18.8 Å². The van der Waals surface area contributed by atoms with Gasteiger partial charge < -0.3 is 23.2 Å². The summed E-state index contributed by atoms with van der Waals surface area (Å²) in [4.78, 5) is 0. The van der Waals surface area contributed by atoms with Gasteiger partial charge in [-0.15, -0.1) is 0 Å². The molecule has 0 unspecified atom stereocenters. The zero-order valence-electron chi connectivity index (χ0n) is 11.8. The lowest BCUT2D eigenvalue weighted by atomic mass is 9.86. The predicted molar refractivity (Wildman–Crippen MR) is 69.1 cm³/mol. The summed E-state index contributed by atoms with van der Waals surface area (Å²) in [5.74, 6) is 0. The van der Waals surface area contributed by atoms with Crippen LogP contribution in [0.15, 0.2) is 16.7 Å². The van der Waals surface area contributed by atoms with Gasteiger partial charge in [0.15, 0.2) is 6.29 Å². The van der Waals surface area contributed by atoms with E-state index in [9.17, 15) is 0 Å². The molecule has 3 heterocycles. The molecule has 0 aromatic carbocycles. The summed E-state index contributed by atoms with van der Waals surface area (Å²) in [5.41, 5.74) is 0.769. The van der Waals surface area contributed by atoms with E-state index in [4.69, 9.17) is 23.2 Å². The number of hydrogen-bond donors (Lipinski definition) is 0. The molecular weight excluding hydrogens is 247 g/mol. The normalized spacial score (nSPS) is 26.2. The molecule has 0 amide bonds. The monoisotopic (exact) mass is 266 g/mol. The number of rotatable bonds is 2. The van der Waals surface area contributed by atoms with E-state index >= 15 is 0 Å². The molecule has 0 atom stereocenters. The highest BCUT2D eigenvalue weighted by Gasteiger charge is 2.53. The van der Waals surface area contributed by atoms with Gasteiger partial charge >= 0.3 is 7.12 Å². The van der Waals surface area contributed by atoms with E-state index in [0.29, 0.717) is 18.9 Å². The van der Waals surface area contributed by atoms with Gasteiger partial charge in [0.05, 0.1) is 30.7 Å².